The van der Waals surface area contributed by atoms with Gasteiger partial charge in [-0.25, -0.2) is 0 Å². The van der Waals surface area contributed by atoms with E-state index >= 15 is 0 Å². The van der Waals surface area contributed by atoms with E-state index in [1.807, 2.05) is 48.5 Å². The lowest BCUT2D eigenvalue weighted by atomic mass is 9.90. The average Bonchev–Trinajstić information content (AvgIpc) is 2.59. The molecule has 5 heteroatoms. The number of para-hydroxylation sites is 1. The number of anilines is 1. The molecule has 2 atom stereocenters. The molecule has 3 rings (SSSR count). The van der Waals surface area contributed by atoms with Gasteiger partial charge in [0.1, 0.15) is 0 Å². The molecule has 5 nitrogen and oxygen atoms in total. The third-order valence-electron chi connectivity index (χ3n) is 4.14. The molecule has 0 aromatic heterocycles. The largest absolute Gasteiger partial charge is 0.391 e. The van der Waals surface area contributed by atoms with Gasteiger partial charge in [0.05, 0.1) is 12.0 Å². The van der Waals surface area contributed by atoms with Crippen LogP contribution in [0.25, 0.3) is 0 Å². The molecular weight excluding hydrogens is 304 g/mol. The highest BCUT2D eigenvalue weighted by molar-refractivity contribution is 6.01. The standard InChI is InChI=1S/C19H20N2O3/c22-14(10-13-6-2-1-3-7-13)12-20-19(24)16-11-18(23)21-17-9-5-4-8-15(16)17/h1-9,14,16,22H,10-12H2,(H,20,24)(H,21,23). The fraction of sp³-hybridized carbons (Fsp3) is 0.263. The summed E-state index contributed by atoms with van der Waals surface area (Å²) in [5.74, 6) is -0.915. The van der Waals surface area contributed by atoms with Crippen molar-refractivity contribution < 1.29 is 14.7 Å². The maximum atomic E-state index is 12.5. The third kappa shape index (κ3) is 3.81. The Labute approximate surface area is 140 Å². The second-order valence-corrected chi connectivity index (χ2v) is 5.98. The van der Waals surface area contributed by atoms with Crippen LogP contribution >= 0.6 is 0 Å². The first-order valence-corrected chi connectivity index (χ1v) is 8.02. The van der Waals surface area contributed by atoms with E-state index in [-0.39, 0.29) is 24.8 Å². The minimum absolute atomic E-state index is 0.123. The Morgan fingerprint density at radius 3 is 2.67 bits per heavy atom. The molecule has 1 aliphatic heterocycles. The monoisotopic (exact) mass is 324 g/mol. The van der Waals surface area contributed by atoms with Crippen LogP contribution in [0.3, 0.4) is 0 Å². The fourth-order valence-electron chi connectivity index (χ4n) is 2.95. The highest BCUT2D eigenvalue weighted by Crippen LogP contribution is 2.31. The molecule has 0 spiro atoms. The average molecular weight is 324 g/mol. The van der Waals surface area contributed by atoms with E-state index in [4.69, 9.17) is 0 Å². The van der Waals surface area contributed by atoms with Crippen LogP contribution in [0.4, 0.5) is 5.69 Å². The maximum absolute atomic E-state index is 12.5. The van der Waals surface area contributed by atoms with Crippen LogP contribution in [0.2, 0.25) is 0 Å². The van der Waals surface area contributed by atoms with Crippen molar-refractivity contribution in [2.45, 2.75) is 24.9 Å². The number of aliphatic hydroxyl groups excluding tert-OH is 1. The lowest BCUT2D eigenvalue weighted by Gasteiger charge is -2.25. The van der Waals surface area contributed by atoms with E-state index < -0.39 is 12.0 Å². The molecule has 124 valence electrons. The normalized spacial score (nSPS) is 17.5. The Hall–Kier alpha value is -2.66. The molecule has 24 heavy (non-hydrogen) atoms. The predicted molar refractivity (Wildman–Crippen MR) is 91.6 cm³/mol. The quantitative estimate of drug-likeness (QED) is 0.785. The van der Waals surface area contributed by atoms with Gasteiger partial charge in [-0.1, -0.05) is 48.5 Å². The number of benzene rings is 2. The highest BCUT2D eigenvalue weighted by atomic mass is 16.3. The van der Waals surface area contributed by atoms with Crippen LogP contribution < -0.4 is 10.6 Å². The van der Waals surface area contributed by atoms with Crippen molar-refractivity contribution in [1.29, 1.82) is 0 Å². The zero-order chi connectivity index (χ0) is 16.9. The molecule has 0 fully saturated rings. The van der Waals surface area contributed by atoms with Gasteiger partial charge in [-0.2, -0.15) is 0 Å². The number of hydrogen-bond acceptors (Lipinski definition) is 3. The van der Waals surface area contributed by atoms with Crippen molar-refractivity contribution in [3.8, 4) is 0 Å². The summed E-state index contributed by atoms with van der Waals surface area (Å²) >= 11 is 0. The number of aliphatic hydroxyl groups is 1. The number of rotatable bonds is 5. The van der Waals surface area contributed by atoms with Gasteiger partial charge in [0.25, 0.3) is 0 Å². The van der Waals surface area contributed by atoms with Crippen LogP contribution in [-0.2, 0) is 16.0 Å². The number of fused-ring (bicyclic) bond motifs is 1. The van der Waals surface area contributed by atoms with Crippen LogP contribution in [0.5, 0.6) is 0 Å². The molecular formula is C19H20N2O3. The zero-order valence-corrected chi connectivity index (χ0v) is 13.2. The lowest BCUT2D eigenvalue weighted by molar-refractivity contribution is -0.126. The van der Waals surface area contributed by atoms with Gasteiger partial charge in [0.15, 0.2) is 0 Å². The van der Waals surface area contributed by atoms with Gasteiger partial charge in [-0.15, -0.1) is 0 Å². The molecule has 0 saturated carbocycles. The van der Waals surface area contributed by atoms with Crippen molar-refractivity contribution in [1.82, 2.24) is 5.32 Å². The van der Waals surface area contributed by atoms with Gasteiger partial charge < -0.3 is 15.7 Å². The third-order valence-corrected chi connectivity index (χ3v) is 4.14. The molecule has 0 bridgehead atoms. The minimum atomic E-state index is -0.663. The number of nitrogens with one attached hydrogen (secondary N) is 2. The smallest absolute Gasteiger partial charge is 0.228 e. The van der Waals surface area contributed by atoms with Gasteiger partial charge in [0, 0.05) is 25.1 Å². The Bertz CT molecular complexity index is 730. The first-order chi connectivity index (χ1) is 11.6. The second-order valence-electron chi connectivity index (χ2n) is 5.98. The molecule has 0 saturated heterocycles. The summed E-state index contributed by atoms with van der Waals surface area (Å²) in [7, 11) is 0. The van der Waals surface area contributed by atoms with E-state index in [0.29, 0.717) is 12.1 Å². The first kappa shape index (κ1) is 16.2. The van der Waals surface area contributed by atoms with Gasteiger partial charge in [0.2, 0.25) is 11.8 Å². The SMILES string of the molecule is O=C1CC(C(=O)NCC(O)Cc2ccccc2)c2ccccc2N1. The van der Waals surface area contributed by atoms with Crippen LogP contribution in [-0.4, -0.2) is 29.6 Å². The highest BCUT2D eigenvalue weighted by Gasteiger charge is 2.30. The summed E-state index contributed by atoms with van der Waals surface area (Å²) in [5, 5.41) is 15.6. The van der Waals surface area contributed by atoms with Crippen molar-refractivity contribution in [3.63, 3.8) is 0 Å². The summed E-state index contributed by atoms with van der Waals surface area (Å²) in [4.78, 5) is 24.2. The number of hydrogen-bond donors (Lipinski definition) is 3. The van der Waals surface area contributed by atoms with Crippen molar-refractivity contribution >= 4 is 17.5 Å². The Balaban J connectivity index is 1.60. The van der Waals surface area contributed by atoms with Gasteiger partial charge >= 0.3 is 0 Å². The number of carbonyl (C=O) groups excluding carboxylic acids is 2. The lowest BCUT2D eigenvalue weighted by Crippen LogP contribution is -2.39. The molecule has 0 radical (unpaired) electrons. The second kappa shape index (κ2) is 7.27. The Kier molecular flexibility index (Phi) is 4.91. The Morgan fingerprint density at radius 1 is 1.17 bits per heavy atom. The van der Waals surface area contributed by atoms with E-state index in [9.17, 15) is 14.7 Å². The van der Waals surface area contributed by atoms with Crippen LogP contribution in [0, 0.1) is 0 Å². The molecule has 2 aromatic carbocycles. The number of carbonyl (C=O) groups is 2. The predicted octanol–water partition coefficient (Wildman–Crippen LogP) is 1.83. The maximum Gasteiger partial charge on any atom is 0.228 e. The van der Waals surface area contributed by atoms with Crippen molar-refractivity contribution in [2.75, 3.05) is 11.9 Å². The minimum Gasteiger partial charge on any atom is -0.391 e. The molecule has 1 heterocycles. The van der Waals surface area contributed by atoms with E-state index in [1.165, 1.54) is 0 Å². The summed E-state index contributed by atoms with van der Waals surface area (Å²) in [6.07, 6.45) is -0.0652. The summed E-state index contributed by atoms with van der Waals surface area (Å²) in [5.41, 5.74) is 2.51. The molecule has 2 amide bonds. The summed E-state index contributed by atoms with van der Waals surface area (Å²) in [6.45, 7) is 0.161. The van der Waals surface area contributed by atoms with E-state index in [2.05, 4.69) is 10.6 Å². The van der Waals surface area contributed by atoms with Gasteiger partial charge in [-0.05, 0) is 17.2 Å². The van der Waals surface area contributed by atoms with Crippen molar-refractivity contribution in [3.05, 3.63) is 65.7 Å². The Morgan fingerprint density at radius 2 is 1.88 bits per heavy atom. The van der Waals surface area contributed by atoms with E-state index in [0.717, 1.165) is 11.1 Å². The topological polar surface area (TPSA) is 78.4 Å². The van der Waals surface area contributed by atoms with E-state index in [1.54, 1.807) is 6.07 Å². The van der Waals surface area contributed by atoms with Crippen molar-refractivity contribution in [2.24, 2.45) is 0 Å². The molecule has 2 unspecified atom stereocenters. The molecule has 2 aromatic rings. The molecule has 0 aliphatic carbocycles. The van der Waals surface area contributed by atoms with Gasteiger partial charge in [-0.3, -0.25) is 9.59 Å². The molecule has 3 N–H and O–H groups in total. The van der Waals surface area contributed by atoms with Crippen LogP contribution in [0.15, 0.2) is 54.6 Å². The molecule has 1 aliphatic rings. The van der Waals surface area contributed by atoms with Crippen LogP contribution in [0.1, 0.15) is 23.5 Å². The summed E-state index contributed by atoms with van der Waals surface area (Å²) in [6, 6.07) is 16.9. The number of amides is 2. The first-order valence-electron chi connectivity index (χ1n) is 8.02. The summed E-state index contributed by atoms with van der Waals surface area (Å²) < 4.78 is 0. The fourth-order valence-corrected chi connectivity index (χ4v) is 2.95. The zero-order valence-electron chi connectivity index (χ0n) is 13.2.